The summed E-state index contributed by atoms with van der Waals surface area (Å²) in [4.78, 5) is 22.2. The molecule has 1 atom stereocenters. The van der Waals surface area contributed by atoms with E-state index >= 15 is 0 Å². The summed E-state index contributed by atoms with van der Waals surface area (Å²) < 4.78 is 40.8. The van der Waals surface area contributed by atoms with Crippen LogP contribution in [0.5, 0.6) is 0 Å². The third kappa shape index (κ3) is 2.83. The number of halogens is 3. The average molecular weight is 401 g/mol. The topological polar surface area (TPSA) is 76.5 Å². The molecule has 0 bridgehead atoms. The van der Waals surface area contributed by atoms with Crippen LogP contribution in [0.2, 0.25) is 0 Å². The zero-order valence-electron chi connectivity index (χ0n) is 15.6. The molecule has 1 saturated carbocycles. The lowest BCUT2D eigenvalue weighted by Gasteiger charge is -2.23. The minimum absolute atomic E-state index is 0.0110. The average Bonchev–Trinajstić information content (AvgIpc) is 3.35. The molecule has 1 fully saturated rings. The van der Waals surface area contributed by atoms with Crippen LogP contribution in [0, 0.1) is 5.92 Å². The number of aromatic nitrogens is 3. The largest absolute Gasteiger partial charge is 0.434 e. The van der Waals surface area contributed by atoms with Crippen molar-refractivity contribution in [2.45, 2.75) is 38.5 Å². The van der Waals surface area contributed by atoms with Gasteiger partial charge in [0, 0.05) is 29.9 Å². The van der Waals surface area contributed by atoms with Crippen molar-refractivity contribution < 1.29 is 18.0 Å². The molecule has 6 nitrogen and oxygen atoms in total. The number of imidazole rings is 1. The number of amides is 1. The van der Waals surface area contributed by atoms with Gasteiger partial charge in [0.1, 0.15) is 0 Å². The number of nitrogens with zero attached hydrogens (tertiary/aromatic N) is 4. The highest BCUT2D eigenvalue weighted by atomic mass is 19.4. The Morgan fingerprint density at radius 1 is 1.28 bits per heavy atom. The molecule has 1 aliphatic carbocycles. The maximum absolute atomic E-state index is 13.2. The van der Waals surface area contributed by atoms with Gasteiger partial charge in [0.2, 0.25) is 0 Å². The monoisotopic (exact) mass is 401 g/mol. The lowest BCUT2D eigenvalue weighted by Crippen LogP contribution is -2.34. The molecule has 1 aliphatic heterocycles. The summed E-state index contributed by atoms with van der Waals surface area (Å²) in [6, 6.07) is 5.51. The molecule has 5 rings (SSSR count). The summed E-state index contributed by atoms with van der Waals surface area (Å²) in [5.41, 5.74) is 7.42. The SMILES string of the molecule is CC(C1CC1)N1Cc2cc(-c3cnc4c(N)nc(C(F)(F)F)cn34)ccc2C1=O. The lowest BCUT2D eigenvalue weighted by molar-refractivity contribution is -0.141. The molecule has 1 unspecified atom stereocenters. The molecule has 1 amide bonds. The number of alkyl halides is 3. The number of anilines is 1. The van der Waals surface area contributed by atoms with E-state index in [1.165, 1.54) is 10.6 Å². The van der Waals surface area contributed by atoms with Crippen LogP contribution in [-0.4, -0.2) is 31.2 Å². The molecule has 2 N–H and O–H groups in total. The van der Waals surface area contributed by atoms with Crippen molar-refractivity contribution in [2.75, 3.05) is 5.73 Å². The highest BCUT2D eigenvalue weighted by Crippen LogP contribution is 2.39. The molecule has 2 aromatic heterocycles. The first-order chi connectivity index (χ1) is 13.7. The highest BCUT2D eigenvalue weighted by molar-refractivity contribution is 5.99. The quantitative estimate of drug-likeness (QED) is 0.725. The van der Waals surface area contributed by atoms with Crippen molar-refractivity contribution in [1.82, 2.24) is 19.3 Å². The molecule has 150 valence electrons. The smallest absolute Gasteiger partial charge is 0.381 e. The summed E-state index contributed by atoms with van der Waals surface area (Å²) in [7, 11) is 0. The van der Waals surface area contributed by atoms with E-state index in [-0.39, 0.29) is 23.4 Å². The van der Waals surface area contributed by atoms with Crippen LogP contribution in [0.1, 0.15) is 41.4 Å². The van der Waals surface area contributed by atoms with Crippen molar-refractivity contribution in [3.05, 3.63) is 47.4 Å². The van der Waals surface area contributed by atoms with E-state index in [1.54, 1.807) is 12.1 Å². The molecule has 0 spiro atoms. The van der Waals surface area contributed by atoms with Crippen LogP contribution in [0.15, 0.2) is 30.6 Å². The third-order valence-electron chi connectivity index (χ3n) is 5.84. The van der Waals surface area contributed by atoms with Gasteiger partial charge in [-0.15, -0.1) is 0 Å². The van der Waals surface area contributed by atoms with Gasteiger partial charge in [-0.3, -0.25) is 9.20 Å². The molecule has 0 radical (unpaired) electrons. The molecule has 29 heavy (non-hydrogen) atoms. The molecule has 3 aromatic rings. The molecule has 1 aromatic carbocycles. The highest BCUT2D eigenvalue weighted by Gasteiger charge is 2.38. The van der Waals surface area contributed by atoms with Crippen molar-refractivity contribution in [1.29, 1.82) is 0 Å². The third-order valence-corrected chi connectivity index (χ3v) is 5.84. The first-order valence-electron chi connectivity index (χ1n) is 9.39. The first kappa shape index (κ1) is 18.0. The van der Waals surface area contributed by atoms with Gasteiger partial charge in [-0.2, -0.15) is 13.2 Å². The van der Waals surface area contributed by atoms with Crippen LogP contribution in [-0.2, 0) is 12.7 Å². The predicted octanol–water partition coefficient (Wildman–Crippen LogP) is 3.75. The van der Waals surface area contributed by atoms with Crippen LogP contribution in [0.4, 0.5) is 19.0 Å². The van der Waals surface area contributed by atoms with E-state index in [0.29, 0.717) is 29.3 Å². The molecule has 2 aliphatic rings. The normalized spacial score (nSPS) is 17.8. The van der Waals surface area contributed by atoms with E-state index in [0.717, 1.165) is 24.6 Å². The Morgan fingerprint density at radius 2 is 2.03 bits per heavy atom. The van der Waals surface area contributed by atoms with Gasteiger partial charge >= 0.3 is 6.18 Å². The van der Waals surface area contributed by atoms with E-state index < -0.39 is 11.9 Å². The van der Waals surface area contributed by atoms with Gasteiger partial charge in [-0.05, 0) is 43.4 Å². The first-order valence-corrected chi connectivity index (χ1v) is 9.39. The minimum atomic E-state index is -4.62. The van der Waals surface area contributed by atoms with Gasteiger partial charge in [0.25, 0.3) is 5.91 Å². The zero-order chi connectivity index (χ0) is 20.5. The second-order valence-electron chi connectivity index (χ2n) is 7.73. The van der Waals surface area contributed by atoms with Crippen LogP contribution >= 0.6 is 0 Å². The maximum atomic E-state index is 13.2. The Balaban J connectivity index is 1.56. The zero-order valence-corrected chi connectivity index (χ0v) is 15.6. The Bertz CT molecular complexity index is 1150. The molecule has 3 heterocycles. The number of benzene rings is 1. The van der Waals surface area contributed by atoms with E-state index in [4.69, 9.17) is 5.73 Å². The Hall–Kier alpha value is -3.10. The van der Waals surface area contributed by atoms with Gasteiger partial charge in [0.05, 0.1) is 11.9 Å². The van der Waals surface area contributed by atoms with Crippen molar-refractivity contribution in [2.24, 2.45) is 5.92 Å². The number of fused-ring (bicyclic) bond motifs is 2. The van der Waals surface area contributed by atoms with E-state index in [2.05, 4.69) is 16.9 Å². The Kier molecular flexibility index (Phi) is 3.68. The predicted molar refractivity (Wildman–Crippen MR) is 99.9 cm³/mol. The van der Waals surface area contributed by atoms with Crippen molar-refractivity contribution in [3.8, 4) is 11.3 Å². The number of nitrogens with two attached hydrogens (primary N) is 1. The summed E-state index contributed by atoms with van der Waals surface area (Å²) in [5, 5.41) is 0. The fourth-order valence-corrected chi connectivity index (χ4v) is 4.03. The molecular weight excluding hydrogens is 383 g/mol. The number of rotatable bonds is 3. The number of hydrogen-bond acceptors (Lipinski definition) is 4. The van der Waals surface area contributed by atoms with Gasteiger partial charge < -0.3 is 10.6 Å². The van der Waals surface area contributed by atoms with Crippen LogP contribution in [0.25, 0.3) is 16.9 Å². The van der Waals surface area contributed by atoms with Gasteiger partial charge in [-0.1, -0.05) is 6.07 Å². The molecular formula is C20H18F3N5O. The fraction of sp³-hybridized carbons (Fsp3) is 0.350. The minimum Gasteiger partial charge on any atom is -0.381 e. The summed E-state index contributed by atoms with van der Waals surface area (Å²) >= 11 is 0. The van der Waals surface area contributed by atoms with E-state index in [1.807, 2.05) is 11.0 Å². The summed E-state index contributed by atoms with van der Waals surface area (Å²) in [5.74, 6) is 0.284. The van der Waals surface area contributed by atoms with Crippen molar-refractivity contribution >= 4 is 17.4 Å². The van der Waals surface area contributed by atoms with Gasteiger partial charge in [0.15, 0.2) is 17.2 Å². The molecule has 9 heteroatoms. The number of carbonyl (C=O) groups is 1. The van der Waals surface area contributed by atoms with Crippen LogP contribution < -0.4 is 5.73 Å². The lowest BCUT2D eigenvalue weighted by atomic mass is 10.0. The standard InChI is InChI=1S/C20H18F3N5O/c1-10(11-2-3-11)27-8-13-6-12(4-5-14(13)19(27)29)15-7-25-18-17(24)26-16(9-28(15)18)20(21,22)23/h4-7,9-11H,2-3,8H2,1H3,(H2,24,26). The van der Waals surface area contributed by atoms with Gasteiger partial charge in [-0.25, -0.2) is 9.97 Å². The number of hydrogen-bond donors (Lipinski definition) is 1. The fourth-order valence-electron chi connectivity index (χ4n) is 4.03. The van der Waals surface area contributed by atoms with Crippen molar-refractivity contribution in [3.63, 3.8) is 0 Å². The number of nitrogen functional groups attached to an aromatic ring is 1. The Labute approximate surface area is 164 Å². The Morgan fingerprint density at radius 3 is 2.72 bits per heavy atom. The number of carbonyl (C=O) groups excluding carboxylic acids is 1. The summed E-state index contributed by atoms with van der Waals surface area (Å²) in [6.07, 6.45) is 0.0366. The maximum Gasteiger partial charge on any atom is 0.434 e. The summed E-state index contributed by atoms with van der Waals surface area (Å²) in [6.45, 7) is 2.58. The second-order valence-corrected chi connectivity index (χ2v) is 7.73. The molecule has 0 saturated heterocycles. The second kappa shape index (κ2) is 5.95. The van der Waals surface area contributed by atoms with E-state index in [9.17, 15) is 18.0 Å². The van der Waals surface area contributed by atoms with Crippen LogP contribution in [0.3, 0.4) is 0 Å².